The van der Waals surface area contributed by atoms with Crippen LogP contribution in [0.5, 0.6) is 5.75 Å². The van der Waals surface area contributed by atoms with Crippen LogP contribution < -0.4 is 4.74 Å². The van der Waals surface area contributed by atoms with E-state index in [0.717, 1.165) is 17.5 Å². The Morgan fingerprint density at radius 1 is 1.44 bits per heavy atom. The van der Waals surface area contributed by atoms with Gasteiger partial charge in [-0.05, 0) is 24.5 Å². The monoisotopic (exact) mass is 270 g/mol. The molecule has 18 heavy (non-hydrogen) atoms. The maximum atomic E-state index is 11.4. The fraction of sp³-hybridized carbons (Fsp3) is 0.538. The molecule has 0 spiro atoms. The van der Waals surface area contributed by atoms with Crippen LogP contribution in [0.1, 0.15) is 30.6 Å². The Morgan fingerprint density at radius 3 is 2.94 bits per heavy atom. The lowest BCUT2D eigenvalue weighted by Crippen LogP contribution is -2.16. The molecule has 0 aromatic heterocycles. The van der Waals surface area contributed by atoms with E-state index in [4.69, 9.17) is 4.74 Å². The highest BCUT2D eigenvalue weighted by molar-refractivity contribution is 7.91. The van der Waals surface area contributed by atoms with Crippen molar-refractivity contribution >= 4 is 9.84 Å². The van der Waals surface area contributed by atoms with Gasteiger partial charge in [0.15, 0.2) is 9.84 Å². The second-order valence-electron chi connectivity index (χ2n) is 4.46. The Bertz CT molecular complexity index is 522. The number of rotatable bonds is 5. The standard InChI is InChI=1S/C13H18O4S/c1-2-18(15,16)9-8-17-13-5-3-4-10-11(13)6-7-12(10)14/h3-5,12,14H,2,6-9H2,1H3. The predicted octanol–water partition coefficient (Wildman–Crippen LogP) is 1.48. The largest absolute Gasteiger partial charge is 0.492 e. The Kier molecular flexibility index (Phi) is 3.92. The number of sulfone groups is 1. The molecular weight excluding hydrogens is 252 g/mol. The molecular formula is C13H18O4S. The Labute approximate surface area is 108 Å². The number of hydrogen-bond acceptors (Lipinski definition) is 4. The first-order chi connectivity index (χ1) is 8.53. The van der Waals surface area contributed by atoms with E-state index >= 15 is 0 Å². The average Bonchev–Trinajstić information content (AvgIpc) is 2.72. The van der Waals surface area contributed by atoms with Gasteiger partial charge in [0, 0.05) is 11.3 Å². The minimum Gasteiger partial charge on any atom is -0.492 e. The summed E-state index contributed by atoms with van der Waals surface area (Å²) >= 11 is 0. The second-order valence-corrected chi connectivity index (χ2v) is 6.94. The summed E-state index contributed by atoms with van der Waals surface area (Å²) in [6, 6.07) is 5.55. The first-order valence-corrected chi connectivity index (χ1v) is 7.98. The number of benzene rings is 1. The van der Waals surface area contributed by atoms with Gasteiger partial charge in [0.1, 0.15) is 12.4 Å². The first kappa shape index (κ1) is 13.4. The fourth-order valence-corrected chi connectivity index (χ4v) is 2.78. The maximum Gasteiger partial charge on any atom is 0.153 e. The normalized spacial score (nSPS) is 18.7. The molecule has 0 heterocycles. The van der Waals surface area contributed by atoms with E-state index in [2.05, 4.69) is 0 Å². The minimum atomic E-state index is -2.99. The molecule has 0 amide bonds. The third kappa shape index (κ3) is 2.84. The summed E-state index contributed by atoms with van der Waals surface area (Å²) in [6.45, 7) is 1.80. The molecule has 2 rings (SSSR count). The van der Waals surface area contributed by atoms with E-state index in [0.29, 0.717) is 12.2 Å². The van der Waals surface area contributed by atoms with Crippen LogP contribution >= 0.6 is 0 Å². The topological polar surface area (TPSA) is 63.6 Å². The molecule has 0 saturated carbocycles. The SMILES string of the molecule is CCS(=O)(=O)CCOc1cccc2c1CCC2O. The van der Waals surface area contributed by atoms with Crippen molar-refractivity contribution in [2.45, 2.75) is 25.9 Å². The number of aliphatic hydroxyl groups is 1. The van der Waals surface area contributed by atoms with Crippen LogP contribution in [-0.2, 0) is 16.3 Å². The fourth-order valence-electron chi connectivity index (χ4n) is 2.16. The van der Waals surface area contributed by atoms with Gasteiger partial charge in [-0.1, -0.05) is 19.1 Å². The molecule has 0 radical (unpaired) electrons. The number of ether oxygens (including phenoxy) is 1. The molecule has 0 saturated heterocycles. The molecule has 1 N–H and O–H groups in total. The molecule has 0 fully saturated rings. The van der Waals surface area contributed by atoms with Gasteiger partial charge in [-0.3, -0.25) is 0 Å². The smallest absolute Gasteiger partial charge is 0.153 e. The summed E-state index contributed by atoms with van der Waals surface area (Å²) < 4.78 is 28.3. The molecule has 1 aromatic rings. The van der Waals surface area contributed by atoms with Gasteiger partial charge < -0.3 is 9.84 Å². The van der Waals surface area contributed by atoms with Gasteiger partial charge in [-0.15, -0.1) is 0 Å². The van der Waals surface area contributed by atoms with Crippen LogP contribution in [0.4, 0.5) is 0 Å². The van der Waals surface area contributed by atoms with Gasteiger partial charge in [0.2, 0.25) is 0 Å². The average molecular weight is 270 g/mol. The van der Waals surface area contributed by atoms with Crippen molar-refractivity contribution in [1.82, 2.24) is 0 Å². The summed E-state index contributed by atoms with van der Waals surface area (Å²) in [6.07, 6.45) is 1.08. The highest BCUT2D eigenvalue weighted by Crippen LogP contribution is 2.36. The molecule has 0 aliphatic heterocycles. The second kappa shape index (κ2) is 5.28. The van der Waals surface area contributed by atoms with Crippen molar-refractivity contribution < 1.29 is 18.3 Å². The first-order valence-electron chi connectivity index (χ1n) is 6.16. The Balaban J connectivity index is 2.03. The molecule has 1 aromatic carbocycles. The molecule has 1 aliphatic carbocycles. The van der Waals surface area contributed by atoms with E-state index in [1.54, 1.807) is 6.92 Å². The van der Waals surface area contributed by atoms with Crippen molar-refractivity contribution in [3.8, 4) is 5.75 Å². The van der Waals surface area contributed by atoms with Gasteiger partial charge in [0.05, 0.1) is 11.9 Å². The predicted molar refractivity (Wildman–Crippen MR) is 69.5 cm³/mol. The summed E-state index contributed by atoms with van der Waals surface area (Å²) in [5.41, 5.74) is 1.92. The number of fused-ring (bicyclic) bond motifs is 1. The Morgan fingerprint density at radius 2 is 2.22 bits per heavy atom. The molecule has 1 atom stereocenters. The van der Waals surface area contributed by atoms with Crippen LogP contribution in [0.3, 0.4) is 0 Å². The van der Waals surface area contributed by atoms with Gasteiger partial charge >= 0.3 is 0 Å². The van der Waals surface area contributed by atoms with E-state index in [1.165, 1.54) is 0 Å². The van der Waals surface area contributed by atoms with E-state index < -0.39 is 15.9 Å². The zero-order valence-corrected chi connectivity index (χ0v) is 11.2. The van der Waals surface area contributed by atoms with Crippen molar-refractivity contribution in [3.05, 3.63) is 29.3 Å². The summed E-state index contributed by atoms with van der Waals surface area (Å²) in [5.74, 6) is 0.882. The molecule has 5 heteroatoms. The lowest BCUT2D eigenvalue weighted by molar-refractivity contribution is 0.180. The molecule has 1 aliphatic rings. The lowest BCUT2D eigenvalue weighted by Gasteiger charge is -2.11. The lowest BCUT2D eigenvalue weighted by atomic mass is 10.1. The van der Waals surface area contributed by atoms with Crippen molar-refractivity contribution in [1.29, 1.82) is 0 Å². The van der Waals surface area contributed by atoms with Crippen LogP contribution in [0, 0.1) is 0 Å². The minimum absolute atomic E-state index is 0.0374. The number of aliphatic hydroxyl groups excluding tert-OH is 1. The summed E-state index contributed by atoms with van der Waals surface area (Å²) in [5, 5.41) is 9.75. The summed E-state index contributed by atoms with van der Waals surface area (Å²) in [4.78, 5) is 0. The number of hydrogen-bond donors (Lipinski definition) is 1. The molecule has 1 unspecified atom stereocenters. The molecule has 100 valence electrons. The van der Waals surface area contributed by atoms with Gasteiger partial charge in [-0.2, -0.15) is 0 Å². The van der Waals surface area contributed by atoms with Crippen LogP contribution in [0.25, 0.3) is 0 Å². The van der Waals surface area contributed by atoms with Crippen LogP contribution in [0.2, 0.25) is 0 Å². The Hall–Kier alpha value is -1.07. The highest BCUT2D eigenvalue weighted by Gasteiger charge is 2.23. The highest BCUT2D eigenvalue weighted by atomic mass is 32.2. The maximum absolute atomic E-state index is 11.4. The van der Waals surface area contributed by atoms with E-state index in [9.17, 15) is 13.5 Å². The quantitative estimate of drug-likeness (QED) is 0.880. The zero-order valence-electron chi connectivity index (χ0n) is 10.4. The third-order valence-electron chi connectivity index (χ3n) is 3.29. The van der Waals surface area contributed by atoms with E-state index in [-0.39, 0.29) is 18.1 Å². The van der Waals surface area contributed by atoms with Gasteiger partial charge in [0.25, 0.3) is 0 Å². The third-order valence-corrected chi connectivity index (χ3v) is 4.96. The zero-order chi connectivity index (χ0) is 13.2. The van der Waals surface area contributed by atoms with Crippen molar-refractivity contribution in [2.24, 2.45) is 0 Å². The van der Waals surface area contributed by atoms with Crippen molar-refractivity contribution in [2.75, 3.05) is 18.1 Å². The van der Waals surface area contributed by atoms with Crippen LogP contribution in [-0.4, -0.2) is 31.6 Å². The molecule has 0 bridgehead atoms. The van der Waals surface area contributed by atoms with Crippen LogP contribution in [0.15, 0.2) is 18.2 Å². The van der Waals surface area contributed by atoms with E-state index in [1.807, 2.05) is 18.2 Å². The summed E-state index contributed by atoms with van der Waals surface area (Å²) in [7, 11) is -2.99. The van der Waals surface area contributed by atoms with Gasteiger partial charge in [-0.25, -0.2) is 8.42 Å². The molecule has 4 nitrogen and oxygen atoms in total. The van der Waals surface area contributed by atoms with Crippen molar-refractivity contribution in [3.63, 3.8) is 0 Å².